The Morgan fingerprint density at radius 2 is 0.340 bits per heavy atom. The van der Waals surface area contributed by atoms with Gasteiger partial charge in [-0.2, -0.15) is 0 Å². The SMILES string of the molecule is CCCCCc1cccc2c3c4cc5ccccc5cc4ccc3n(C)c12.CCCCc1cccc2c3c4cc5ccccc5cc4ccc3n(C)c12.CCCc1cccc2c3c4cc5ccccc5cc4ccc3n(C)c12.Cc1cccc2c3c4cc5ccccc5cc4ccc3n(C)c12.Cc1cccc2c3c4cc5ccccc5cc4ccc3n(C)c12.Cc1cccc2c3c4cc5ccccc5cc4ccc3n(C)c12. The van der Waals surface area contributed by atoms with Crippen LogP contribution in [-0.2, 0) is 61.5 Å². The van der Waals surface area contributed by atoms with Gasteiger partial charge in [-0.1, -0.05) is 338 Å². The van der Waals surface area contributed by atoms with Crippen LogP contribution in [0.5, 0.6) is 0 Å². The van der Waals surface area contributed by atoms with Crippen molar-refractivity contribution in [2.45, 2.75) is 99.3 Å². The molecule has 6 heteroatoms. The molecule has 0 radical (unpaired) electrons. The predicted octanol–water partition coefficient (Wildman–Crippen LogP) is 38.8. The zero-order valence-corrected chi connectivity index (χ0v) is 86.2. The fourth-order valence-corrected chi connectivity index (χ4v) is 25.4. The molecule has 0 spiro atoms. The highest BCUT2D eigenvalue weighted by Crippen LogP contribution is 2.46. The van der Waals surface area contributed by atoms with Crippen molar-refractivity contribution >= 4 is 260 Å². The molecule has 0 amide bonds. The monoisotopic (exact) mass is 1900 g/mol. The first-order chi connectivity index (χ1) is 72.0. The van der Waals surface area contributed by atoms with Crippen LogP contribution in [0.25, 0.3) is 260 Å². The predicted molar refractivity (Wildman–Crippen MR) is 643 cm³/mol. The Morgan fingerprint density at radius 1 is 0.150 bits per heavy atom. The summed E-state index contributed by atoms with van der Waals surface area (Å²) in [5.41, 5.74) is 24.5. The Morgan fingerprint density at radius 3 is 0.558 bits per heavy atom. The number of aryl methyl sites for hydroxylation is 12. The van der Waals surface area contributed by atoms with Gasteiger partial charge in [0.1, 0.15) is 0 Å². The molecule has 0 unspecified atom stereocenters. The highest BCUT2D eigenvalue weighted by molar-refractivity contribution is 6.30. The van der Waals surface area contributed by atoms with Crippen molar-refractivity contribution in [2.75, 3.05) is 0 Å². The molecule has 0 atom stereocenters. The summed E-state index contributed by atoms with van der Waals surface area (Å²) >= 11 is 0. The van der Waals surface area contributed by atoms with E-state index in [4.69, 9.17) is 0 Å². The minimum atomic E-state index is 1.13. The molecule has 0 saturated heterocycles. The topological polar surface area (TPSA) is 29.6 Å². The van der Waals surface area contributed by atoms with Crippen molar-refractivity contribution in [3.8, 4) is 0 Å². The molecule has 0 aliphatic heterocycles. The average Bonchev–Trinajstić information content (AvgIpc) is 1.57. The molecular weight excluding hydrogens is 1780 g/mol. The first-order valence-electron chi connectivity index (χ1n) is 52.9. The van der Waals surface area contributed by atoms with Gasteiger partial charge in [0, 0.05) is 140 Å². The maximum absolute atomic E-state index is 2.40. The summed E-state index contributed by atoms with van der Waals surface area (Å²) in [6.45, 7) is 13.4. The van der Waals surface area contributed by atoms with Crippen LogP contribution in [0.1, 0.15) is 92.7 Å². The summed E-state index contributed by atoms with van der Waals surface area (Å²) in [6.07, 6.45) is 10.9. The molecule has 0 saturated carbocycles. The lowest BCUT2D eigenvalue weighted by molar-refractivity contribution is 0.718. The van der Waals surface area contributed by atoms with E-state index in [-0.39, 0.29) is 0 Å². The van der Waals surface area contributed by atoms with Crippen molar-refractivity contribution in [3.63, 3.8) is 0 Å². The molecule has 6 heterocycles. The third-order valence-corrected chi connectivity index (χ3v) is 32.4. The van der Waals surface area contributed by atoms with Crippen LogP contribution < -0.4 is 0 Å². The molecule has 6 nitrogen and oxygen atoms in total. The van der Waals surface area contributed by atoms with Crippen LogP contribution in [0, 0.1) is 20.8 Å². The number of nitrogens with zero attached hydrogens (tertiary/aromatic N) is 6. The Bertz CT molecular complexity index is 10100. The molecule has 30 aromatic rings. The van der Waals surface area contributed by atoms with Gasteiger partial charge in [0.05, 0.1) is 33.1 Å². The van der Waals surface area contributed by atoms with Crippen LogP contribution >= 0.6 is 0 Å². The van der Waals surface area contributed by atoms with E-state index in [9.17, 15) is 0 Å². The number of aromatic nitrogens is 6. The van der Waals surface area contributed by atoms with Crippen molar-refractivity contribution in [1.82, 2.24) is 27.4 Å². The zero-order chi connectivity index (χ0) is 99.7. The van der Waals surface area contributed by atoms with E-state index in [0.717, 1.165) is 19.3 Å². The first-order valence-corrected chi connectivity index (χ1v) is 52.9. The second-order valence-electron chi connectivity index (χ2n) is 41.3. The quantitative estimate of drug-likeness (QED) is 0.102. The number of para-hydroxylation sites is 6. The lowest BCUT2D eigenvalue weighted by Gasteiger charge is -2.06. The Kier molecular flexibility index (Phi) is 23.3. The van der Waals surface area contributed by atoms with Gasteiger partial charge in [-0.3, -0.25) is 0 Å². The molecule has 24 aromatic carbocycles. The molecule has 0 bridgehead atoms. The number of fused-ring (bicyclic) bond motifs is 36. The van der Waals surface area contributed by atoms with Crippen molar-refractivity contribution in [3.05, 3.63) is 434 Å². The number of benzene rings is 24. The Balaban J connectivity index is 0.0000000919. The fourth-order valence-electron chi connectivity index (χ4n) is 25.4. The van der Waals surface area contributed by atoms with Gasteiger partial charge in [0.25, 0.3) is 0 Å². The molecule has 6 aromatic heterocycles. The van der Waals surface area contributed by atoms with Crippen molar-refractivity contribution in [1.29, 1.82) is 0 Å². The summed E-state index contributed by atoms with van der Waals surface area (Å²) in [6, 6.07) is 147. The van der Waals surface area contributed by atoms with Crippen LogP contribution in [0.3, 0.4) is 0 Å². The smallest absolute Gasteiger partial charge is 0.0521 e. The van der Waals surface area contributed by atoms with Gasteiger partial charge in [-0.25, -0.2) is 0 Å². The molecular formula is C141H120N6. The normalized spacial score (nSPS) is 11.9. The van der Waals surface area contributed by atoms with Gasteiger partial charge in [0.2, 0.25) is 0 Å². The summed E-state index contributed by atoms with van der Waals surface area (Å²) < 4.78 is 14.2. The van der Waals surface area contributed by atoms with E-state index >= 15 is 0 Å². The van der Waals surface area contributed by atoms with Crippen molar-refractivity contribution in [2.24, 2.45) is 42.3 Å². The minimum absolute atomic E-state index is 1.13. The van der Waals surface area contributed by atoms with Gasteiger partial charge in [0.15, 0.2) is 0 Å². The molecule has 0 fully saturated rings. The van der Waals surface area contributed by atoms with E-state index in [0.29, 0.717) is 0 Å². The molecule has 147 heavy (non-hydrogen) atoms. The van der Waals surface area contributed by atoms with Crippen molar-refractivity contribution < 1.29 is 0 Å². The van der Waals surface area contributed by atoms with Crippen LogP contribution in [-0.4, -0.2) is 27.4 Å². The number of hydrogen-bond donors (Lipinski definition) is 0. The largest absolute Gasteiger partial charge is 0.343 e. The standard InChI is InChI=1S/C26H25N.C25H23N.C24H21N.3C22H17N/c1-3-4-5-9-18-12-8-13-22-25-23-17-20-11-7-6-10-19(20)16-21(23)14-15-24(25)27(2)26(18)22;1-3-4-8-17-11-7-12-21-24-22-16-19-10-6-5-9-18(19)15-20(22)13-14-23(24)26(2)25(17)21;1-3-7-16-10-6-11-20-23-21-15-18-9-5-4-8-17(18)14-19(21)12-13-22(23)25(2)24(16)20;3*1-14-6-5-9-18-21-19-13-16-8-4-3-7-15(16)12-17(19)10-11-20(21)23(2)22(14)18/h6-8,10-17H,3-5,9H2,1-2H3;5-7,9-16H,3-4,8H2,1-2H3;4-6,8-15H,3,7H2,1-2H3;3*3-13H,1-2H3. The van der Waals surface area contributed by atoms with Gasteiger partial charge in [-0.05, 0) is 325 Å². The van der Waals surface area contributed by atoms with E-state index in [1.54, 1.807) is 0 Å². The second kappa shape index (κ2) is 37.4. The van der Waals surface area contributed by atoms with E-state index in [1.165, 1.54) is 332 Å². The molecule has 714 valence electrons. The molecule has 0 aliphatic rings. The van der Waals surface area contributed by atoms with Gasteiger partial charge in [-0.15, -0.1) is 0 Å². The maximum Gasteiger partial charge on any atom is 0.0521 e. The van der Waals surface area contributed by atoms with E-state index < -0.39 is 0 Å². The Labute approximate surface area is 856 Å². The Hall–Kier alpha value is -16.8. The average molecular weight is 1900 g/mol. The van der Waals surface area contributed by atoms with Crippen LogP contribution in [0.15, 0.2) is 400 Å². The highest BCUT2D eigenvalue weighted by atomic mass is 15.0. The van der Waals surface area contributed by atoms with E-state index in [1.807, 2.05) is 0 Å². The van der Waals surface area contributed by atoms with Crippen LogP contribution in [0.4, 0.5) is 0 Å². The summed E-state index contributed by atoms with van der Waals surface area (Å²) in [5.74, 6) is 0. The fraction of sp³-hybridized carbons (Fsp3) is 0.149. The second-order valence-corrected chi connectivity index (χ2v) is 41.3. The highest BCUT2D eigenvalue weighted by Gasteiger charge is 2.23. The molecule has 0 N–H and O–H groups in total. The number of hydrogen-bond acceptors (Lipinski definition) is 0. The first kappa shape index (κ1) is 91.4. The maximum atomic E-state index is 2.40. The third kappa shape index (κ3) is 15.5. The number of rotatable bonds is 9. The number of unbranched alkanes of at least 4 members (excludes halogenated alkanes) is 3. The lowest BCUT2D eigenvalue weighted by atomic mass is 9.98. The summed E-state index contributed by atoms with van der Waals surface area (Å²) in [4.78, 5) is 0. The molecule has 0 aliphatic carbocycles. The minimum Gasteiger partial charge on any atom is -0.343 e. The summed E-state index contributed by atoms with van der Waals surface area (Å²) in [5, 5.41) is 48.2. The molecule has 30 rings (SSSR count). The van der Waals surface area contributed by atoms with Gasteiger partial charge < -0.3 is 27.4 Å². The van der Waals surface area contributed by atoms with E-state index in [2.05, 4.69) is 512 Å². The third-order valence-electron chi connectivity index (χ3n) is 32.4. The summed E-state index contributed by atoms with van der Waals surface area (Å²) in [7, 11) is 13.2. The lowest BCUT2D eigenvalue weighted by Crippen LogP contribution is -1.93. The van der Waals surface area contributed by atoms with Crippen LogP contribution in [0.2, 0.25) is 0 Å². The zero-order valence-electron chi connectivity index (χ0n) is 86.2. The van der Waals surface area contributed by atoms with Gasteiger partial charge >= 0.3 is 0 Å².